The van der Waals surface area contributed by atoms with E-state index in [-0.39, 0.29) is 12.5 Å². The summed E-state index contributed by atoms with van der Waals surface area (Å²) in [6, 6.07) is 3.64. The highest BCUT2D eigenvalue weighted by Gasteiger charge is 2.14. The van der Waals surface area contributed by atoms with E-state index in [9.17, 15) is 4.79 Å². The second-order valence-corrected chi connectivity index (χ2v) is 4.43. The van der Waals surface area contributed by atoms with E-state index >= 15 is 0 Å². The average Bonchev–Trinajstić information content (AvgIpc) is 2.38. The van der Waals surface area contributed by atoms with Gasteiger partial charge in [-0.1, -0.05) is 0 Å². The Bertz CT molecular complexity index is 370. The van der Waals surface area contributed by atoms with Crippen LogP contribution in [-0.2, 0) is 14.3 Å². The lowest BCUT2D eigenvalue weighted by Crippen LogP contribution is -2.34. The van der Waals surface area contributed by atoms with E-state index in [2.05, 4.69) is 20.9 Å². The number of pyridine rings is 1. The normalized spacial score (nSPS) is 10.4. The van der Waals surface area contributed by atoms with Crippen molar-refractivity contribution in [2.45, 2.75) is 6.92 Å². The summed E-state index contributed by atoms with van der Waals surface area (Å²) in [6.07, 6.45) is 1.66. The first-order valence-corrected chi connectivity index (χ1v) is 6.47. The summed E-state index contributed by atoms with van der Waals surface area (Å²) in [5.74, 6) is 0.518. The first kappa shape index (κ1) is 15.1. The molecule has 0 bridgehead atoms. The minimum Gasteiger partial charge on any atom is -0.382 e. The molecule has 0 atom stereocenters. The van der Waals surface area contributed by atoms with Gasteiger partial charge in [0.25, 0.3) is 5.91 Å². The molecule has 0 radical (unpaired) electrons. The van der Waals surface area contributed by atoms with Crippen LogP contribution in [0.15, 0.2) is 22.8 Å². The molecule has 6 heteroatoms. The van der Waals surface area contributed by atoms with E-state index < -0.39 is 0 Å². The molecule has 0 spiro atoms. The number of anilines is 1. The van der Waals surface area contributed by atoms with Gasteiger partial charge in [0.05, 0.1) is 13.2 Å². The number of methoxy groups -OCH3 is 1. The number of rotatable bonds is 7. The molecule has 1 amide bonds. The van der Waals surface area contributed by atoms with Crippen molar-refractivity contribution in [1.29, 1.82) is 0 Å². The minimum absolute atomic E-state index is 0.0367. The topological polar surface area (TPSA) is 51.7 Å². The van der Waals surface area contributed by atoms with Crippen LogP contribution in [0.1, 0.15) is 6.92 Å². The van der Waals surface area contributed by atoms with Crippen molar-refractivity contribution in [2.75, 3.05) is 38.4 Å². The summed E-state index contributed by atoms with van der Waals surface area (Å²) in [4.78, 5) is 17.7. The van der Waals surface area contributed by atoms with E-state index in [0.29, 0.717) is 25.6 Å². The molecular weight excluding hydrogens is 300 g/mol. The second-order valence-electron chi connectivity index (χ2n) is 3.52. The van der Waals surface area contributed by atoms with Crippen LogP contribution < -0.4 is 4.90 Å². The van der Waals surface area contributed by atoms with E-state index in [1.54, 1.807) is 24.3 Å². The lowest BCUT2D eigenvalue weighted by molar-refractivity contribution is -0.123. The standard InChI is InChI=1S/C12H17BrN2O3/c1-3-15(11-5-4-10(13)8-14-11)12(16)9-18-7-6-17-2/h4-5,8H,3,6-7,9H2,1-2H3. The van der Waals surface area contributed by atoms with Crippen molar-refractivity contribution in [3.63, 3.8) is 0 Å². The third kappa shape index (κ3) is 4.72. The number of carbonyl (C=O) groups excluding carboxylic acids is 1. The molecule has 100 valence electrons. The molecule has 5 nitrogen and oxygen atoms in total. The van der Waals surface area contributed by atoms with Crippen molar-refractivity contribution >= 4 is 27.7 Å². The molecule has 0 aromatic carbocycles. The summed E-state index contributed by atoms with van der Waals surface area (Å²) in [7, 11) is 1.59. The Morgan fingerprint density at radius 1 is 1.44 bits per heavy atom. The molecule has 0 saturated carbocycles. The number of amides is 1. The van der Waals surface area contributed by atoms with E-state index in [1.165, 1.54) is 0 Å². The molecule has 0 unspecified atom stereocenters. The Kier molecular flexibility index (Phi) is 6.85. The van der Waals surface area contributed by atoms with Gasteiger partial charge in [0.15, 0.2) is 0 Å². The van der Waals surface area contributed by atoms with Crippen LogP contribution >= 0.6 is 15.9 Å². The Hall–Kier alpha value is -0.980. The summed E-state index contributed by atoms with van der Waals surface area (Å²) >= 11 is 3.31. The van der Waals surface area contributed by atoms with Crippen LogP contribution in [0.3, 0.4) is 0 Å². The van der Waals surface area contributed by atoms with E-state index in [1.807, 2.05) is 13.0 Å². The predicted octanol–water partition coefficient (Wildman–Crippen LogP) is 1.86. The smallest absolute Gasteiger partial charge is 0.254 e. The maximum Gasteiger partial charge on any atom is 0.254 e. The fourth-order valence-corrected chi connectivity index (χ4v) is 1.61. The van der Waals surface area contributed by atoms with E-state index in [0.717, 1.165) is 4.47 Å². The minimum atomic E-state index is -0.108. The summed E-state index contributed by atoms with van der Waals surface area (Å²) in [5.41, 5.74) is 0. The summed E-state index contributed by atoms with van der Waals surface area (Å²) in [6.45, 7) is 3.39. The van der Waals surface area contributed by atoms with Crippen LogP contribution in [0.2, 0.25) is 0 Å². The van der Waals surface area contributed by atoms with Gasteiger partial charge in [0.2, 0.25) is 0 Å². The third-order valence-electron chi connectivity index (χ3n) is 2.26. The van der Waals surface area contributed by atoms with Gasteiger partial charge in [0, 0.05) is 24.3 Å². The lowest BCUT2D eigenvalue weighted by Gasteiger charge is -2.19. The maximum absolute atomic E-state index is 11.9. The molecule has 1 aromatic heterocycles. The molecule has 0 aliphatic carbocycles. The highest BCUT2D eigenvalue weighted by Crippen LogP contribution is 2.14. The zero-order valence-corrected chi connectivity index (χ0v) is 12.1. The number of halogens is 1. The average molecular weight is 317 g/mol. The van der Waals surface area contributed by atoms with Gasteiger partial charge in [-0.3, -0.25) is 9.69 Å². The lowest BCUT2D eigenvalue weighted by atomic mass is 10.4. The second kappa shape index (κ2) is 8.18. The Morgan fingerprint density at radius 3 is 2.78 bits per heavy atom. The molecule has 1 heterocycles. The van der Waals surface area contributed by atoms with Crippen molar-refractivity contribution < 1.29 is 14.3 Å². The molecule has 0 aliphatic rings. The number of carbonyl (C=O) groups is 1. The van der Waals surface area contributed by atoms with E-state index in [4.69, 9.17) is 9.47 Å². The predicted molar refractivity (Wildman–Crippen MR) is 72.7 cm³/mol. The van der Waals surface area contributed by atoms with Crippen LogP contribution in [0.25, 0.3) is 0 Å². The first-order chi connectivity index (χ1) is 8.69. The first-order valence-electron chi connectivity index (χ1n) is 5.67. The Labute approximate surface area is 115 Å². The molecule has 1 rings (SSSR count). The zero-order valence-electron chi connectivity index (χ0n) is 10.6. The van der Waals surface area contributed by atoms with Gasteiger partial charge in [0.1, 0.15) is 12.4 Å². The van der Waals surface area contributed by atoms with Crippen molar-refractivity contribution in [2.24, 2.45) is 0 Å². The third-order valence-corrected chi connectivity index (χ3v) is 2.73. The highest BCUT2D eigenvalue weighted by molar-refractivity contribution is 9.10. The fraction of sp³-hybridized carbons (Fsp3) is 0.500. The van der Waals surface area contributed by atoms with Gasteiger partial charge in [-0.2, -0.15) is 0 Å². The fourth-order valence-electron chi connectivity index (χ4n) is 1.37. The Morgan fingerprint density at radius 2 is 2.22 bits per heavy atom. The quantitative estimate of drug-likeness (QED) is 0.720. The van der Waals surface area contributed by atoms with Gasteiger partial charge >= 0.3 is 0 Å². The zero-order chi connectivity index (χ0) is 13.4. The molecule has 1 aromatic rings. The number of hydrogen-bond acceptors (Lipinski definition) is 4. The molecular formula is C12H17BrN2O3. The molecule has 0 fully saturated rings. The van der Waals surface area contributed by atoms with Gasteiger partial charge in [-0.05, 0) is 35.0 Å². The SMILES string of the molecule is CCN(C(=O)COCCOC)c1ccc(Br)cn1. The van der Waals surface area contributed by atoms with Crippen molar-refractivity contribution in [1.82, 2.24) is 4.98 Å². The van der Waals surface area contributed by atoms with Crippen molar-refractivity contribution in [3.05, 3.63) is 22.8 Å². The van der Waals surface area contributed by atoms with Crippen LogP contribution in [0, 0.1) is 0 Å². The Balaban J connectivity index is 2.54. The highest BCUT2D eigenvalue weighted by atomic mass is 79.9. The molecule has 0 N–H and O–H groups in total. The molecule has 18 heavy (non-hydrogen) atoms. The largest absolute Gasteiger partial charge is 0.382 e. The van der Waals surface area contributed by atoms with Gasteiger partial charge < -0.3 is 9.47 Å². The van der Waals surface area contributed by atoms with Crippen molar-refractivity contribution in [3.8, 4) is 0 Å². The maximum atomic E-state index is 11.9. The number of ether oxygens (including phenoxy) is 2. The number of aromatic nitrogens is 1. The number of nitrogens with zero attached hydrogens (tertiary/aromatic N) is 2. The molecule has 0 saturated heterocycles. The van der Waals surface area contributed by atoms with Gasteiger partial charge in [-0.25, -0.2) is 4.98 Å². The van der Waals surface area contributed by atoms with Crippen LogP contribution in [0.4, 0.5) is 5.82 Å². The van der Waals surface area contributed by atoms with Crippen LogP contribution in [-0.4, -0.2) is 44.4 Å². The molecule has 0 aliphatic heterocycles. The van der Waals surface area contributed by atoms with Gasteiger partial charge in [-0.15, -0.1) is 0 Å². The summed E-state index contributed by atoms with van der Waals surface area (Å²) in [5, 5.41) is 0. The monoisotopic (exact) mass is 316 g/mol. The van der Waals surface area contributed by atoms with Crippen LogP contribution in [0.5, 0.6) is 0 Å². The number of hydrogen-bond donors (Lipinski definition) is 0. The summed E-state index contributed by atoms with van der Waals surface area (Å²) < 4.78 is 10.9. The number of likely N-dealkylation sites (N-methyl/N-ethyl adjacent to an activating group) is 1.